The average molecular weight is 1890 g/mol. The summed E-state index contributed by atoms with van der Waals surface area (Å²) in [5.41, 5.74) is 30.3. The summed E-state index contributed by atoms with van der Waals surface area (Å²) in [5, 5.41) is 15.2. The van der Waals surface area contributed by atoms with Crippen molar-refractivity contribution in [3.05, 3.63) is 510 Å². The quantitative estimate of drug-likeness (QED) is 0.108. The van der Waals surface area contributed by atoms with Crippen molar-refractivity contribution in [1.29, 1.82) is 0 Å². The van der Waals surface area contributed by atoms with Crippen molar-refractivity contribution in [2.24, 2.45) is 0 Å². The van der Waals surface area contributed by atoms with E-state index in [0.717, 1.165) is 72.6 Å². The van der Waals surface area contributed by atoms with Gasteiger partial charge in [0.2, 0.25) is 0 Å². The van der Waals surface area contributed by atoms with Gasteiger partial charge in [0.05, 0.1) is 50.2 Å². The van der Waals surface area contributed by atoms with E-state index in [-0.39, 0.29) is 0 Å². The van der Waals surface area contributed by atoms with Gasteiger partial charge in [-0.15, -0.1) is 34.0 Å². The predicted molar refractivity (Wildman–Crippen MR) is 610 cm³/mol. The SMILES string of the molecule is c1ccc(-c2cc(-c3cccc(-n4c5ccccc5c5cc(-c6ccc7sc8ccccc8c7c6)ccc54)c3)nc(-c3ccccc3)n2)cc1.c1ccc(-c2ccc(-c3ccccc3)c(-n3c4ccccc4c4cc(-c5ccc6sc7ccccc7c6c5)ccc43)c2)cc1.c1ccc(-c2nc(-c3ccccc3)nc(-c3ccc4c(c3)c3cc(-c5ccc6sc7ccccc7c6c5)ccc3n4-c3ccccc3)n2)cc1. The van der Waals surface area contributed by atoms with E-state index in [1.807, 2.05) is 119 Å². The van der Waals surface area contributed by atoms with Crippen LogP contribution in [0.4, 0.5) is 0 Å². The monoisotopic (exact) mass is 1890 g/mol. The van der Waals surface area contributed by atoms with Crippen LogP contribution < -0.4 is 0 Å². The molecular formula is C133H84N8S3. The summed E-state index contributed by atoms with van der Waals surface area (Å²) in [6.07, 6.45) is 0. The number of aromatic nitrogens is 8. The van der Waals surface area contributed by atoms with Crippen molar-refractivity contribution in [3.8, 4) is 141 Å². The maximum Gasteiger partial charge on any atom is 0.164 e. The first-order valence-corrected chi connectivity index (χ1v) is 51.0. The number of nitrogens with zero attached hydrogens (tertiary/aromatic N) is 8. The first-order valence-electron chi connectivity index (χ1n) is 48.5. The van der Waals surface area contributed by atoms with Gasteiger partial charge in [-0.2, -0.15) is 0 Å². The Balaban J connectivity index is 0.000000108. The minimum Gasteiger partial charge on any atom is -0.309 e. The smallest absolute Gasteiger partial charge is 0.164 e. The molecule has 21 aromatic carbocycles. The lowest BCUT2D eigenvalue weighted by atomic mass is 9.98. The predicted octanol–water partition coefficient (Wildman–Crippen LogP) is 36.8. The summed E-state index contributed by atoms with van der Waals surface area (Å²) in [5.74, 6) is 2.66. The van der Waals surface area contributed by atoms with Crippen LogP contribution in [0, 0.1) is 0 Å². The average Bonchev–Trinajstić information content (AvgIpc) is 1.58. The van der Waals surface area contributed by atoms with Gasteiger partial charge in [0.15, 0.2) is 23.3 Å². The third-order valence-corrected chi connectivity index (χ3v) is 31.3. The second kappa shape index (κ2) is 36.2. The number of hydrogen-bond acceptors (Lipinski definition) is 8. The Labute approximate surface area is 842 Å². The second-order valence-electron chi connectivity index (χ2n) is 36.5. The fraction of sp³-hybridized carbons (Fsp3) is 0. The Morgan fingerprint density at radius 1 is 0.139 bits per heavy atom. The Morgan fingerprint density at radius 2 is 0.417 bits per heavy atom. The highest BCUT2D eigenvalue weighted by Crippen LogP contribution is 2.47. The number of rotatable bonds is 14. The van der Waals surface area contributed by atoms with Crippen LogP contribution in [0.2, 0.25) is 0 Å². The molecule has 0 spiro atoms. The minimum absolute atomic E-state index is 0.645. The molecule has 0 aliphatic carbocycles. The molecule has 8 heterocycles. The van der Waals surface area contributed by atoms with Gasteiger partial charge in [-0.1, -0.05) is 352 Å². The highest BCUT2D eigenvalue weighted by Gasteiger charge is 2.24. The number of fused-ring (bicyclic) bond motifs is 18. The van der Waals surface area contributed by atoms with E-state index >= 15 is 0 Å². The molecule has 144 heavy (non-hydrogen) atoms. The van der Waals surface area contributed by atoms with Gasteiger partial charge in [0.1, 0.15) is 0 Å². The molecule has 0 saturated heterocycles. The summed E-state index contributed by atoms with van der Waals surface area (Å²) in [7, 11) is 0. The van der Waals surface area contributed by atoms with Gasteiger partial charge >= 0.3 is 0 Å². The fourth-order valence-electron chi connectivity index (χ4n) is 21.0. The van der Waals surface area contributed by atoms with Crippen LogP contribution in [-0.2, 0) is 0 Å². The first kappa shape index (κ1) is 85.0. The molecule has 674 valence electrons. The largest absolute Gasteiger partial charge is 0.309 e. The van der Waals surface area contributed by atoms with Gasteiger partial charge in [0, 0.05) is 143 Å². The molecule has 0 N–H and O–H groups in total. The van der Waals surface area contributed by atoms with E-state index in [0.29, 0.717) is 23.3 Å². The first-order chi connectivity index (χ1) is 71.3. The van der Waals surface area contributed by atoms with Crippen molar-refractivity contribution in [2.45, 2.75) is 0 Å². The van der Waals surface area contributed by atoms with E-state index in [1.54, 1.807) is 0 Å². The number of benzene rings is 21. The molecule has 29 aromatic rings. The van der Waals surface area contributed by atoms with Crippen molar-refractivity contribution in [3.63, 3.8) is 0 Å². The highest BCUT2D eigenvalue weighted by molar-refractivity contribution is 7.26. The van der Waals surface area contributed by atoms with Crippen LogP contribution in [-0.4, -0.2) is 38.6 Å². The molecule has 8 aromatic heterocycles. The van der Waals surface area contributed by atoms with Crippen molar-refractivity contribution < 1.29 is 0 Å². The molecule has 0 aliphatic heterocycles. The Morgan fingerprint density at radius 3 is 0.868 bits per heavy atom. The Hall–Kier alpha value is -18.2. The summed E-state index contributed by atoms with van der Waals surface area (Å²) >= 11 is 5.57. The lowest BCUT2D eigenvalue weighted by Gasteiger charge is -2.16. The molecular weight excluding hydrogens is 1810 g/mol. The number of thiophene rings is 3. The lowest BCUT2D eigenvalue weighted by molar-refractivity contribution is 1.07. The van der Waals surface area contributed by atoms with Crippen LogP contribution in [0.5, 0.6) is 0 Å². The van der Waals surface area contributed by atoms with Crippen molar-refractivity contribution in [1.82, 2.24) is 38.6 Å². The Kier molecular flexibility index (Phi) is 21.4. The van der Waals surface area contributed by atoms with Crippen LogP contribution in [0.15, 0.2) is 510 Å². The van der Waals surface area contributed by atoms with Crippen LogP contribution >= 0.6 is 34.0 Å². The van der Waals surface area contributed by atoms with Crippen LogP contribution in [0.25, 0.3) is 267 Å². The number of hydrogen-bond donors (Lipinski definition) is 0. The topological polar surface area (TPSA) is 79.2 Å². The molecule has 29 rings (SSSR count). The molecule has 0 aliphatic rings. The molecule has 8 nitrogen and oxygen atoms in total. The molecule has 0 unspecified atom stereocenters. The van der Waals surface area contributed by atoms with Gasteiger partial charge in [0.25, 0.3) is 0 Å². The summed E-state index contributed by atoms with van der Waals surface area (Å²) in [6.45, 7) is 0. The fourth-order valence-corrected chi connectivity index (χ4v) is 24.2. The molecule has 0 bridgehead atoms. The van der Waals surface area contributed by atoms with E-state index in [1.165, 1.54) is 171 Å². The van der Waals surface area contributed by atoms with E-state index < -0.39 is 0 Å². The zero-order chi connectivity index (χ0) is 95.1. The molecule has 0 saturated carbocycles. The maximum atomic E-state index is 5.11. The molecule has 0 amide bonds. The van der Waals surface area contributed by atoms with E-state index in [2.05, 4.69) is 438 Å². The maximum absolute atomic E-state index is 5.11. The molecule has 0 fully saturated rings. The van der Waals surface area contributed by atoms with Gasteiger partial charge in [-0.3, -0.25) is 0 Å². The third-order valence-electron chi connectivity index (χ3n) is 27.9. The van der Waals surface area contributed by atoms with E-state index in [9.17, 15) is 0 Å². The van der Waals surface area contributed by atoms with Gasteiger partial charge in [-0.25, -0.2) is 24.9 Å². The normalized spacial score (nSPS) is 11.6. The third kappa shape index (κ3) is 15.5. The molecule has 11 heteroatoms. The second-order valence-corrected chi connectivity index (χ2v) is 39.7. The molecule has 0 atom stereocenters. The lowest BCUT2D eigenvalue weighted by Crippen LogP contribution is -2.00. The van der Waals surface area contributed by atoms with Gasteiger partial charge in [-0.05, 0) is 208 Å². The zero-order valence-electron chi connectivity index (χ0n) is 77.8. The number of para-hydroxylation sites is 3. The van der Waals surface area contributed by atoms with E-state index in [4.69, 9.17) is 24.9 Å². The van der Waals surface area contributed by atoms with Crippen LogP contribution in [0.3, 0.4) is 0 Å². The van der Waals surface area contributed by atoms with Crippen molar-refractivity contribution in [2.75, 3.05) is 0 Å². The highest BCUT2D eigenvalue weighted by atomic mass is 32.1. The van der Waals surface area contributed by atoms with Gasteiger partial charge < -0.3 is 13.7 Å². The standard InChI is InChI=1S/C46H29N3S.C45H28N4S.C42H27NS/c1-3-12-30(13-4-1)40-29-41(48-46(47-40)31-14-5-2-6-15-31)34-16-11-17-35(26-34)49-42-20-9-7-18-36(42)38-27-32(22-24-43(38)49)33-23-25-45-39(28-33)37-19-8-10-21-44(37)50-45;1-4-12-29(13-5-1)43-46-44(30-14-6-2-7-15-30)48-45(47-43)33-21-24-40-37(28-33)36-26-31(20-23-39(36)49(40)34-16-8-3-9-17-34)32-22-25-42-38(27-32)35-18-10-11-19-41(35)50-42;1-3-11-28(12-4-1)32-19-22-33(29-13-5-2-6-14-29)40(27-32)43-38-17-9-7-15-34(38)36-25-30(20-23-39(36)43)31-21-24-42-37(26-31)35-16-8-10-18-41(35)44-42/h1-29H;1-28H;1-27H. The summed E-state index contributed by atoms with van der Waals surface area (Å²) in [4.78, 5) is 25.1. The summed E-state index contributed by atoms with van der Waals surface area (Å²) in [6, 6.07) is 182. The molecule has 0 radical (unpaired) electrons. The Bertz CT molecular complexity index is 9910. The summed E-state index contributed by atoms with van der Waals surface area (Å²) < 4.78 is 15.1. The van der Waals surface area contributed by atoms with Crippen molar-refractivity contribution >= 4 is 160 Å². The van der Waals surface area contributed by atoms with Crippen LogP contribution in [0.1, 0.15) is 0 Å². The minimum atomic E-state index is 0.645. The zero-order valence-corrected chi connectivity index (χ0v) is 80.2.